The van der Waals surface area contributed by atoms with Crippen molar-refractivity contribution >= 4 is 0 Å². The Kier molecular flexibility index (Phi) is 13.6. The van der Waals surface area contributed by atoms with Crippen LogP contribution in [0.3, 0.4) is 0 Å². The van der Waals surface area contributed by atoms with Crippen molar-refractivity contribution in [2.75, 3.05) is 0 Å². The minimum atomic E-state index is 0. The summed E-state index contributed by atoms with van der Waals surface area (Å²) in [6.45, 7) is 13.3. The summed E-state index contributed by atoms with van der Waals surface area (Å²) in [6, 6.07) is 0. The molecule has 0 bridgehead atoms. The molecule has 0 atom stereocenters. The Bertz CT molecular complexity index is 362. The third-order valence-electron chi connectivity index (χ3n) is 3.01. The molecule has 2 rings (SSSR count). The van der Waals surface area contributed by atoms with Crippen LogP contribution in [0, 0.1) is 23.0 Å². The van der Waals surface area contributed by atoms with Gasteiger partial charge in [-0.05, 0) is 10.8 Å². The molecule has 0 unspecified atom stereocenters. The van der Waals surface area contributed by atoms with E-state index in [1.807, 2.05) is 0 Å². The molecule has 0 aliphatic heterocycles. The van der Waals surface area contributed by atoms with Crippen molar-refractivity contribution in [3.63, 3.8) is 0 Å². The second-order valence-electron chi connectivity index (χ2n) is 6.89. The van der Waals surface area contributed by atoms with Crippen LogP contribution in [0.4, 0.5) is 0 Å². The van der Waals surface area contributed by atoms with E-state index in [0.29, 0.717) is 10.8 Å². The monoisotopic (exact) mass is 360 g/mol. The van der Waals surface area contributed by atoms with E-state index in [1.165, 1.54) is 11.1 Å². The molecule has 0 aromatic carbocycles. The van der Waals surface area contributed by atoms with Crippen LogP contribution in [-0.4, -0.2) is 0 Å². The number of rotatable bonds is 0. The molecule has 0 N–H and O–H groups in total. The molecule has 3 heteroatoms. The third-order valence-corrected chi connectivity index (χ3v) is 3.01. The van der Waals surface area contributed by atoms with E-state index in [-0.39, 0.29) is 46.5 Å². The molecule has 0 fully saturated rings. The van der Waals surface area contributed by atoms with Gasteiger partial charge in [0.25, 0.3) is 0 Å². The quantitative estimate of drug-likeness (QED) is 0.401. The Hall–Kier alpha value is 0.254. The van der Waals surface area contributed by atoms with Gasteiger partial charge in [0.1, 0.15) is 0 Å². The van der Waals surface area contributed by atoms with E-state index >= 15 is 0 Å². The van der Waals surface area contributed by atoms with Crippen molar-refractivity contribution in [3.8, 4) is 0 Å². The van der Waals surface area contributed by atoms with E-state index in [2.05, 4.69) is 78.0 Å². The zero-order chi connectivity index (χ0) is 13.8. The predicted octanol–water partition coefficient (Wildman–Crippen LogP) is -0.551. The van der Waals surface area contributed by atoms with Crippen LogP contribution in [0.2, 0.25) is 0 Å². The number of hydrogen-bond donors (Lipinski definition) is 0. The molecule has 0 saturated heterocycles. The van der Waals surface area contributed by atoms with E-state index in [9.17, 15) is 0 Å². The van der Waals surface area contributed by atoms with Gasteiger partial charge in [0.2, 0.25) is 0 Å². The van der Waals surface area contributed by atoms with Crippen LogP contribution in [0.5, 0.6) is 0 Å². The first-order chi connectivity index (χ1) is 8.21. The second kappa shape index (κ2) is 10.9. The van der Waals surface area contributed by atoms with Gasteiger partial charge in [-0.2, -0.15) is 12.2 Å². The van der Waals surface area contributed by atoms with Crippen LogP contribution >= 0.6 is 0 Å². The van der Waals surface area contributed by atoms with Crippen molar-refractivity contribution in [1.82, 2.24) is 0 Å². The van der Waals surface area contributed by atoms with E-state index < -0.39 is 0 Å². The summed E-state index contributed by atoms with van der Waals surface area (Å²) in [6.07, 6.45) is 17.3. The summed E-state index contributed by atoms with van der Waals surface area (Å²) in [5.74, 6) is 0. The molecular weight excluding hydrogens is 335 g/mol. The van der Waals surface area contributed by atoms with Crippen LogP contribution in [0.1, 0.15) is 54.4 Å². The summed E-state index contributed by atoms with van der Waals surface area (Å²) in [4.78, 5) is 0. The molecule has 21 heavy (non-hydrogen) atoms. The minimum Gasteiger partial charge on any atom is -1.00 e. The Morgan fingerprint density at radius 2 is 1.00 bits per heavy atom. The molecule has 0 aromatic rings. The molecule has 0 radical (unpaired) electrons. The first-order valence-corrected chi connectivity index (χ1v) is 6.77. The molecule has 0 spiro atoms. The zero-order valence-electron chi connectivity index (χ0n) is 14.0. The van der Waals surface area contributed by atoms with Gasteiger partial charge >= 0.3 is 21.7 Å². The topological polar surface area (TPSA) is 0 Å². The van der Waals surface area contributed by atoms with Crippen LogP contribution < -0.4 is 24.8 Å². The first-order valence-electron chi connectivity index (χ1n) is 6.77. The van der Waals surface area contributed by atoms with Crippen molar-refractivity contribution in [1.29, 1.82) is 0 Å². The zero-order valence-corrected chi connectivity index (χ0v) is 17.1. The Labute approximate surface area is 158 Å². The maximum Gasteiger partial charge on any atom is 4.00 e. The van der Waals surface area contributed by atoms with Crippen LogP contribution in [0.15, 0.2) is 35.5 Å². The molecule has 0 saturated carbocycles. The predicted molar refractivity (Wildman–Crippen MR) is 79.9 cm³/mol. The number of halogens is 2. The number of hydrogen-bond acceptors (Lipinski definition) is 0. The molecule has 0 amide bonds. The molecule has 0 nitrogen and oxygen atoms in total. The standard InChI is InChI=1S/2C9H13.2ClH.Ti/c2*1-9(2,3)8-6-4-5-7-8;;;/h2*4,6H,5H2,1-3H3;2*1H;/q2*-1;;;+4/p-2. The normalized spacial score (nSPS) is 15.7. The number of allylic oxidation sites excluding steroid dienone is 8. The maximum atomic E-state index is 3.30. The van der Waals surface area contributed by atoms with Gasteiger partial charge in [-0.3, -0.25) is 12.2 Å². The molecular formula is C18H26Cl2Ti. The second-order valence-corrected chi connectivity index (χ2v) is 6.89. The Balaban J connectivity index is -0.000000270. The average Bonchev–Trinajstić information content (AvgIpc) is 2.91. The minimum absolute atomic E-state index is 0. The van der Waals surface area contributed by atoms with Gasteiger partial charge in [-0.1, -0.05) is 41.5 Å². The maximum absolute atomic E-state index is 3.30. The van der Waals surface area contributed by atoms with E-state index in [4.69, 9.17) is 0 Å². The van der Waals surface area contributed by atoms with Crippen molar-refractivity contribution in [2.45, 2.75) is 54.4 Å². The fraction of sp³-hybridized carbons (Fsp3) is 0.556. The summed E-state index contributed by atoms with van der Waals surface area (Å²) in [7, 11) is 0. The summed E-state index contributed by atoms with van der Waals surface area (Å²) < 4.78 is 0. The van der Waals surface area contributed by atoms with Gasteiger partial charge in [-0.15, -0.1) is 12.8 Å². The first kappa shape index (κ1) is 26.2. The Morgan fingerprint density at radius 3 is 1.10 bits per heavy atom. The summed E-state index contributed by atoms with van der Waals surface area (Å²) >= 11 is 0. The van der Waals surface area contributed by atoms with Gasteiger partial charge in [0.15, 0.2) is 0 Å². The molecule has 0 aromatic heterocycles. The van der Waals surface area contributed by atoms with Crippen molar-refractivity contribution in [2.24, 2.45) is 10.8 Å². The molecule has 116 valence electrons. The van der Waals surface area contributed by atoms with Crippen LogP contribution in [0.25, 0.3) is 0 Å². The molecule has 0 heterocycles. The summed E-state index contributed by atoms with van der Waals surface area (Å²) in [5, 5.41) is 0. The van der Waals surface area contributed by atoms with Crippen molar-refractivity contribution < 1.29 is 46.5 Å². The van der Waals surface area contributed by atoms with Gasteiger partial charge in [0, 0.05) is 0 Å². The van der Waals surface area contributed by atoms with Crippen LogP contribution in [-0.2, 0) is 21.7 Å². The smallest absolute Gasteiger partial charge is 1.00 e. The van der Waals surface area contributed by atoms with E-state index in [1.54, 1.807) is 0 Å². The third kappa shape index (κ3) is 9.79. The SMILES string of the molecule is CC(C)(C)C1=[C-]CC=C1.CC(C)(C)C1=[C-]CC=C1.[Cl-].[Cl-].[Ti+4]. The average molecular weight is 361 g/mol. The molecule has 2 aliphatic rings. The fourth-order valence-corrected chi connectivity index (χ4v) is 1.84. The Morgan fingerprint density at radius 1 is 0.714 bits per heavy atom. The fourth-order valence-electron chi connectivity index (χ4n) is 1.84. The largest absolute Gasteiger partial charge is 4.00 e. The molecule has 2 aliphatic carbocycles. The van der Waals surface area contributed by atoms with Gasteiger partial charge in [0.05, 0.1) is 0 Å². The van der Waals surface area contributed by atoms with Gasteiger partial charge < -0.3 is 24.8 Å². The van der Waals surface area contributed by atoms with E-state index in [0.717, 1.165) is 12.8 Å². The van der Waals surface area contributed by atoms with Crippen molar-refractivity contribution in [3.05, 3.63) is 47.6 Å². The summed E-state index contributed by atoms with van der Waals surface area (Å²) in [5.41, 5.74) is 3.30. The van der Waals surface area contributed by atoms with Gasteiger partial charge in [-0.25, -0.2) is 23.3 Å².